The Labute approximate surface area is 86.1 Å². The first kappa shape index (κ1) is 9.72. The number of hydrogen-bond donors (Lipinski definition) is 0. The van der Waals surface area contributed by atoms with E-state index in [4.69, 9.17) is 4.74 Å². The summed E-state index contributed by atoms with van der Waals surface area (Å²) in [4.78, 5) is 0. The molecular formula is C13H18O. The lowest BCUT2D eigenvalue weighted by Crippen LogP contribution is -2.37. The average Bonchev–Trinajstić information content (AvgIpc) is 2.18. The van der Waals surface area contributed by atoms with Gasteiger partial charge in [0.05, 0.1) is 12.7 Å². The van der Waals surface area contributed by atoms with E-state index < -0.39 is 0 Å². The molecule has 0 aliphatic carbocycles. The molecule has 1 nitrogen and oxygen atoms in total. The van der Waals surface area contributed by atoms with Crippen molar-refractivity contribution in [1.29, 1.82) is 0 Å². The highest BCUT2D eigenvalue weighted by Gasteiger charge is 2.32. The van der Waals surface area contributed by atoms with Crippen LogP contribution in [0, 0.1) is 0 Å². The largest absolute Gasteiger partial charge is 0.377 e. The minimum atomic E-state index is 0.484. The topological polar surface area (TPSA) is 9.23 Å². The zero-order valence-electron chi connectivity index (χ0n) is 8.78. The fourth-order valence-corrected chi connectivity index (χ4v) is 2.03. The Balaban J connectivity index is 1.93. The molecule has 1 saturated heterocycles. The highest BCUT2D eigenvalue weighted by atomic mass is 16.5. The van der Waals surface area contributed by atoms with E-state index >= 15 is 0 Å². The monoisotopic (exact) mass is 190 g/mol. The van der Waals surface area contributed by atoms with Gasteiger partial charge in [0.2, 0.25) is 0 Å². The maximum absolute atomic E-state index is 5.60. The van der Waals surface area contributed by atoms with Gasteiger partial charge in [0, 0.05) is 5.92 Å². The third-order valence-corrected chi connectivity index (χ3v) is 3.01. The van der Waals surface area contributed by atoms with Crippen LogP contribution in [0.4, 0.5) is 0 Å². The zero-order chi connectivity index (χ0) is 9.80. The number of benzene rings is 1. The lowest BCUT2D eigenvalue weighted by Gasteiger charge is -2.37. The van der Waals surface area contributed by atoms with Crippen molar-refractivity contribution in [2.45, 2.75) is 38.2 Å². The van der Waals surface area contributed by atoms with Gasteiger partial charge in [-0.05, 0) is 12.0 Å². The predicted molar refractivity (Wildman–Crippen MR) is 58.4 cm³/mol. The van der Waals surface area contributed by atoms with Gasteiger partial charge in [-0.25, -0.2) is 0 Å². The fraction of sp³-hybridized carbons (Fsp3) is 0.538. The minimum absolute atomic E-state index is 0.484. The molecule has 14 heavy (non-hydrogen) atoms. The Morgan fingerprint density at radius 3 is 2.64 bits per heavy atom. The van der Waals surface area contributed by atoms with Crippen molar-refractivity contribution in [2.24, 2.45) is 0 Å². The molecule has 0 radical (unpaired) electrons. The van der Waals surface area contributed by atoms with E-state index in [2.05, 4.69) is 37.3 Å². The van der Waals surface area contributed by atoms with Gasteiger partial charge in [-0.2, -0.15) is 0 Å². The summed E-state index contributed by atoms with van der Waals surface area (Å²) in [5.74, 6) is 0.655. The molecule has 1 aliphatic heterocycles. The van der Waals surface area contributed by atoms with Crippen LogP contribution in [0.1, 0.15) is 37.7 Å². The van der Waals surface area contributed by atoms with Crippen molar-refractivity contribution in [3.8, 4) is 0 Å². The molecule has 0 amide bonds. The fourth-order valence-electron chi connectivity index (χ4n) is 2.03. The summed E-state index contributed by atoms with van der Waals surface area (Å²) >= 11 is 0. The number of unbranched alkanes of at least 4 members (excludes halogenated alkanes) is 1. The van der Waals surface area contributed by atoms with Crippen LogP contribution in [0.3, 0.4) is 0 Å². The average molecular weight is 190 g/mol. The second-order valence-electron chi connectivity index (χ2n) is 4.03. The van der Waals surface area contributed by atoms with E-state index in [9.17, 15) is 0 Å². The molecule has 1 fully saturated rings. The van der Waals surface area contributed by atoms with E-state index in [0.29, 0.717) is 12.0 Å². The maximum atomic E-state index is 5.60. The molecule has 0 saturated carbocycles. The Kier molecular flexibility index (Phi) is 3.20. The molecule has 76 valence electrons. The first-order valence-electron chi connectivity index (χ1n) is 5.58. The Morgan fingerprint density at radius 2 is 2.07 bits per heavy atom. The van der Waals surface area contributed by atoms with E-state index in [1.54, 1.807) is 0 Å². The number of rotatable bonds is 4. The maximum Gasteiger partial charge on any atom is 0.0666 e. The summed E-state index contributed by atoms with van der Waals surface area (Å²) in [5.41, 5.74) is 1.44. The van der Waals surface area contributed by atoms with Gasteiger partial charge < -0.3 is 4.74 Å². The van der Waals surface area contributed by atoms with Crippen LogP contribution in [0.2, 0.25) is 0 Å². The summed E-state index contributed by atoms with van der Waals surface area (Å²) in [7, 11) is 0. The van der Waals surface area contributed by atoms with E-state index in [-0.39, 0.29) is 0 Å². The van der Waals surface area contributed by atoms with Crippen molar-refractivity contribution >= 4 is 0 Å². The molecule has 2 atom stereocenters. The molecule has 2 unspecified atom stereocenters. The van der Waals surface area contributed by atoms with Crippen molar-refractivity contribution in [3.63, 3.8) is 0 Å². The van der Waals surface area contributed by atoms with E-state index in [1.165, 1.54) is 24.8 Å². The molecule has 1 heterocycles. The molecule has 0 spiro atoms. The van der Waals surface area contributed by atoms with Gasteiger partial charge in [-0.3, -0.25) is 0 Å². The quantitative estimate of drug-likeness (QED) is 0.707. The molecule has 1 aromatic carbocycles. The van der Waals surface area contributed by atoms with Crippen LogP contribution in [0.15, 0.2) is 30.3 Å². The third-order valence-electron chi connectivity index (χ3n) is 3.01. The first-order chi connectivity index (χ1) is 6.92. The lowest BCUT2D eigenvalue weighted by molar-refractivity contribution is -0.0813. The van der Waals surface area contributed by atoms with Crippen LogP contribution < -0.4 is 0 Å². The summed E-state index contributed by atoms with van der Waals surface area (Å²) < 4.78 is 5.60. The van der Waals surface area contributed by atoms with Crippen LogP contribution >= 0.6 is 0 Å². The molecule has 0 N–H and O–H groups in total. The first-order valence-corrected chi connectivity index (χ1v) is 5.58. The summed E-state index contributed by atoms with van der Waals surface area (Å²) in [5, 5.41) is 0. The molecular weight excluding hydrogens is 172 g/mol. The van der Waals surface area contributed by atoms with Gasteiger partial charge >= 0.3 is 0 Å². The second kappa shape index (κ2) is 4.61. The molecule has 1 aromatic rings. The van der Waals surface area contributed by atoms with Crippen molar-refractivity contribution in [3.05, 3.63) is 35.9 Å². The summed E-state index contributed by atoms with van der Waals surface area (Å²) in [6.45, 7) is 3.15. The van der Waals surface area contributed by atoms with Crippen LogP contribution in [0.25, 0.3) is 0 Å². The molecule has 2 rings (SSSR count). The summed E-state index contributed by atoms with van der Waals surface area (Å²) in [6.07, 6.45) is 4.25. The molecule has 0 aromatic heterocycles. The highest BCUT2D eigenvalue weighted by molar-refractivity contribution is 5.22. The predicted octanol–water partition coefficient (Wildman–Crippen LogP) is 3.36. The van der Waals surface area contributed by atoms with Crippen LogP contribution in [-0.2, 0) is 4.74 Å². The summed E-state index contributed by atoms with van der Waals surface area (Å²) in [6, 6.07) is 10.7. The van der Waals surface area contributed by atoms with Gasteiger partial charge in [-0.1, -0.05) is 50.1 Å². The molecule has 1 heteroatoms. The normalized spacial score (nSPS) is 25.8. The van der Waals surface area contributed by atoms with Crippen LogP contribution in [0.5, 0.6) is 0 Å². The smallest absolute Gasteiger partial charge is 0.0666 e. The molecule has 1 aliphatic rings. The van der Waals surface area contributed by atoms with Gasteiger partial charge in [0.25, 0.3) is 0 Å². The minimum Gasteiger partial charge on any atom is -0.377 e. The highest BCUT2D eigenvalue weighted by Crippen LogP contribution is 2.33. The standard InChI is InChI=1S/C13H18O/c1-2-3-9-13-12(10-14-13)11-7-5-4-6-8-11/h4-8,12-13H,2-3,9-10H2,1H3. The van der Waals surface area contributed by atoms with Gasteiger partial charge in [-0.15, -0.1) is 0 Å². The second-order valence-corrected chi connectivity index (χ2v) is 4.03. The van der Waals surface area contributed by atoms with Crippen LogP contribution in [-0.4, -0.2) is 12.7 Å². The Morgan fingerprint density at radius 1 is 1.29 bits per heavy atom. The van der Waals surface area contributed by atoms with Gasteiger partial charge in [0.15, 0.2) is 0 Å². The Hall–Kier alpha value is -0.820. The SMILES string of the molecule is CCCCC1OCC1c1ccccc1. The van der Waals surface area contributed by atoms with E-state index in [0.717, 1.165) is 6.61 Å². The number of ether oxygens (including phenoxy) is 1. The van der Waals surface area contributed by atoms with Gasteiger partial charge in [0.1, 0.15) is 0 Å². The zero-order valence-corrected chi connectivity index (χ0v) is 8.78. The van der Waals surface area contributed by atoms with Crippen molar-refractivity contribution < 1.29 is 4.74 Å². The van der Waals surface area contributed by atoms with E-state index in [1.807, 2.05) is 0 Å². The lowest BCUT2D eigenvalue weighted by atomic mass is 9.87. The Bertz CT molecular complexity index is 268. The molecule has 0 bridgehead atoms. The number of hydrogen-bond acceptors (Lipinski definition) is 1. The van der Waals surface area contributed by atoms with Crippen molar-refractivity contribution in [2.75, 3.05) is 6.61 Å². The third kappa shape index (κ3) is 1.98. The van der Waals surface area contributed by atoms with Crippen molar-refractivity contribution in [1.82, 2.24) is 0 Å².